The minimum absolute atomic E-state index is 0.0676. The van der Waals surface area contributed by atoms with Crippen molar-refractivity contribution in [3.8, 4) is 0 Å². The zero-order valence-corrected chi connectivity index (χ0v) is 14.3. The number of nitrogens with zero attached hydrogens (tertiary/aromatic N) is 3. The van der Waals surface area contributed by atoms with Crippen molar-refractivity contribution in [3.63, 3.8) is 0 Å². The summed E-state index contributed by atoms with van der Waals surface area (Å²) >= 11 is 5.73. The smallest absolute Gasteiger partial charge is 0.317 e. The lowest BCUT2D eigenvalue weighted by Gasteiger charge is -2.17. The number of urea groups is 1. The summed E-state index contributed by atoms with van der Waals surface area (Å²) in [6, 6.07) is 4.19. The molecule has 1 atom stereocenters. The molecular weight excluding hydrogens is 347 g/mol. The quantitative estimate of drug-likeness (QED) is 0.902. The van der Waals surface area contributed by atoms with Gasteiger partial charge in [0.05, 0.1) is 5.92 Å². The summed E-state index contributed by atoms with van der Waals surface area (Å²) in [6.07, 6.45) is 3.04. The van der Waals surface area contributed by atoms with Gasteiger partial charge in [-0.3, -0.25) is 0 Å². The largest absolute Gasteiger partial charge is 0.339 e. The second-order valence-corrected chi connectivity index (χ2v) is 7.03. The number of aromatic nitrogens is 2. The van der Waals surface area contributed by atoms with Gasteiger partial charge in [0, 0.05) is 36.1 Å². The SMILES string of the molecule is O=C(NCc1ccc(Cl)cc1F)N1CCC(c2nc(C3CC3)no2)C1. The second kappa shape index (κ2) is 6.63. The second-order valence-electron chi connectivity index (χ2n) is 6.59. The van der Waals surface area contributed by atoms with Crippen molar-refractivity contribution >= 4 is 17.6 Å². The summed E-state index contributed by atoms with van der Waals surface area (Å²) in [4.78, 5) is 18.5. The molecule has 0 spiro atoms. The summed E-state index contributed by atoms with van der Waals surface area (Å²) in [5, 5.41) is 7.11. The van der Waals surface area contributed by atoms with E-state index in [0.717, 1.165) is 25.1 Å². The van der Waals surface area contributed by atoms with E-state index in [1.807, 2.05) is 0 Å². The van der Waals surface area contributed by atoms with E-state index in [0.29, 0.717) is 35.5 Å². The minimum atomic E-state index is -0.425. The molecule has 4 rings (SSSR count). The molecule has 132 valence electrons. The van der Waals surface area contributed by atoms with Crippen molar-refractivity contribution in [2.24, 2.45) is 0 Å². The number of carbonyl (C=O) groups is 1. The fourth-order valence-electron chi connectivity index (χ4n) is 3.01. The third-order valence-corrected chi connectivity index (χ3v) is 4.90. The number of amides is 2. The Morgan fingerprint density at radius 1 is 1.36 bits per heavy atom. The van der Waals surface area contributed by atoms with Gasteiger partial charge in [-0.25, -0.2) is 9.18 Å². The number of nitrogens with one attached hydrogen (secondary N) is 1. The Hall–Kier alpha value is -2.15. The maximum Gasteiger partial charge on any atom is 0.317 e. The Morgan fingerprint density at radius 2 is 2.20 bits per heavy atom. The first-order chi connectivity index (χ1) is 12.1. The highest BCUT2D eigenvalue weighted by molar-refractivity contribution is 6.30. The van der Waals surface area contributed by atoms with Crippen LogP contribution < -0.4 is 5.32 Å². The van der Waals surface area contributed by atoms with Crippen molar-refractivity contribution in [1.29, 1.82) is 0 Å². The topological polar surface area (TPSA) is 71.3 Å². The van der Waals surface area contributed by atoms with E-state index >= 15 is 0 Å². The normalized spacial score (nSPS) is 20.1. The molecule has 0 radical (unpaired) electrons. The summed E-state index contributed by atoms with van der Waals surface area (Å²) in [5.41, 5.74) is 0.402. The van der Waals surface area contributed by atoms with Crippen molar-refractivity contribution in [2.45, 2.75) is 37.6 Å². The van der Waals surface area contributed by atoms with Gasteiger partial charge in [0.25, 0.3) is 0 Å². The maximum absolute atomic E-state index is 13.8. The average molecular weight is 365 g/mol. The molecule has 2 aliphatic rings. The van der Waals surface area contributed by atoms with Crippen LogP contribution in [0.3, 0.4) is 0 Å². The molecule has 2 heterocycles. The van der Waals surface area contributed by atoms with E-state index in [9.17, 15) is 9.18 Å². The standard InChI is InChI=1S/C17H18ClFN4O2/c18-13-4-3-11(14(19)7-13)8-20-17(24)23-6-5-12(9-23)16-21-15(22-25-16)10-1-2-10/h3-4,7,10,12H,1-2,5-6,8-9H2,(H,20,24). The molecule has 1 aromatic carbocycles. The molecule has 8 heteroatoms. The molecule has 6 nitrogen and oxygen atoms in total. The molecular formula is C17H18ClFN4O2. The molecule has 1 unspecified atom stereocenters. The summed E-state index contributed by atoms with van der Waals surface area (Å²) < 4.78 is 19.1. The lowest BCUT2D eigenvalue weighted by atomic mass is 10.1. The van der Waals surface area contributed by atoms with Crippen LogP contribution in [0.25, 0.3) is 0 Å². The molecule has 2 fully saturated rings. The molecule has 1 aromatic heterocycles. The number of hydrogen-bond acceptors (Lipinski definition) is 4. The van der Waals surface area contributed by atoms with Gasteiger partial charge in [-0.15, -0.1) is 0 Å². The van der Waals surface area contributed by atoms with Crippen LogP contribution in [-0.2, 0) is 6.54 Å². The Labute approximate surface area is 149 Å². The van der Waals surface area contributed by atoms with Gasteiger partial charge in [-0.2, -0.15) is 4.98 Å². The number of halogens is 2. The molecule has 1 aliphatic heterocycles. The predicted molar refractivity (Wildman–Crippen MR) is 88.8 cm³/mol. The van der Waals surface area contributed by atoms with Gasteiger partial charge in [-0.05, 0) is 31.4 Å². The van der Waals surface area contributed by atoms with Crippen LogP contribution in [0.15, 0.2) is 22.7 Å². The predicted octanol–water partition coefficient (Wildman–Crippen LogP) is 3.44. The van der Waals surface area contributed by atoms with Crippen molar-refractivity contribution in [2.75, 3.05) is 13.1 Å². The lowest BCUT2D eigenvalue weighted by Crippen LogP contribution is -2.38. The highest BCUT2D eigenvalue weighted by atomic mass is 35.5. The average Bonchev–Trinajstić information content (AvgIpc) is 3.12. The van der Waals surface area contributed by atoms with E-state index in [-0.39, 0.29) is 18.5 Å². The summed E-state index contributed by atoms with van der Waals surface area (Å²) in [6.45, 7) is 1.26. The van der Waals surface area contributed by atoms with Gasteiger partial charge in [0.15, 0.2) is 5.82 Å². The molecule has 1 aliphatic carbocycles. The fourth-order valence-corrected chi connectivity index (χ4v) is 3.17. The fraction of sp³-hybridized carbons (Fsp3) is 0.471. The van der Waals surface area contributed by atoms with Crippen molar-refractivity contribution in [3.05, 3.63) is 46.3 Å². The van der Waals surface area contributed by atoms with E-state index in [1.165, 1.54) is 6.07 Å². The van der Waals surface area contributed by atoms with Crippen molar-refractivity contribution < 1.29 is 13.7 Å². The van der Waals surface area contributed by atoms with Crippen LogP contribution in [0.4, 0.5) is 9.18 Å². The van der Waals surface area contributed by atoms with Crippen LogP contribution in [-0.4, -0.2) is 34.2 Å². The van der Waals surface area contributed by atoms with Gasteiger partial charge in [0.2, 0.25) is 5.89 Å². The molecule has 2 aromatic rings. The maximum atomic E-state index is 13.8. The van der Waals surface area contributed by atoms with Gasteiger partial charge < -0.3 is 14.7 Å². The third kappa shape index (κ3) is 3.61. The lowest BCUT2D eigenvalue weighted by molar-refractivity contribution is 0.207. The molecule has 1 saturated heterocycles. The van der Waals surface area contributed by atoms with Crippen LogP contribution >= 0.6 is 11.6 Å². The Balaban J connectivity index is 1.32. The van der Waals surface area contributed by atoms with Gasteiger partial charge in [0.1, 0.15) is 5.82 Å². The molecule has 25 heavy (non-hydrogen) atoms. The molecule has 1 N–H and O–H groups in total. The highest BCUT2D eigenvalue weighted by Crippen LogP contribution is 2.39. The van der Waals surface area contributed by atoms with E-state index < -0.39 is 5.82 Å². The molecule has 2 amide bonds. The first-order valence-corrected chi connectivity index (χ1v) is 8.78. The number of rotatable bonds is 4. The summed E-state index contributed by atoms with van der Waals surface area (Å²) in [5.74, 6) is 1.49. The van der Waals surface area contributed by atoms with E-state index in [2.05, 4.69) is 15.5 Å². The van der Waals surface area contributed by atoms with Crippen LogP contribution in [0, 0.1) is 5.82 Å². The van der Waals surface area contributed by atoms with Crippen LogP contribution in [0.5, 0.6) is 0 Å². The van der Waals surface area contributed by atoms with Crippen molar-refractivity contribution in [1.82, 2.24) is 20.4 Å². The van der Waals surface area contributed by atoms with Gasteiger partial charge >= 0.3 is 6.03 Å². The van der Waals surface area contributed by atoms with Gasteiger partial charge in [-0.1, -0.05) is 22.8 Å². The van der Waals surface area contributed by atoms with Crippen LogP contribution in [0.2, 0.25) is 5.02 Å². The number of likely N-dealkylation sites (tertiary alicyclic amines) is 1. The number of hydrogen-bond donors (Lipinski definition) is 1. The highest BCUT2D eigenvalue weighted by Gasteiger charge is 2.34. The zero-order chi connectivity index (χ0) is 17.4. The molecule has 0 bridgehead atoms. The Kier molecular flexibility index (Phi) is 4.33. The third-order valence-electron chi connectivity index (χ3n) is 4.67. The van der Waals surface area contributed by atoms with Crippen LogP contribution in [0.1, 0.15) is 48.4 Å². The Morgan fingerprint density at radius 3 is 2.96 bits per heavy atom. The first kappa shape index (κ1) is 16.3. The minimum Gasteiger partial charge on any atom is -0.339 e. The monoisotopic (exact) mass is 364 g/mol. The Bertz CT molecular complexity index is 793. The first-order valence-electron chi connectivity index (χ1n) is 8.40. The number of carbonyl (C=O) groups excluding carboxylic acids is 1. The van der Waals surface area contributed by atoms with E-state index in [1.54, 1.807) is 17.0 Å². The zero-order valence-electron chi connectivity index (χ0n) is 13.5. The number of benzene rings is 1. The summed E-state index contributed by atoms with van der Waals surface area (Å²) in [7, 11) is 0. The molecule has 1 saturated carbocycles. The van der Waals surface area contributed by atoms with E-state index in [4.69, 9.17) is 16.1 Å².